The molecule has 0 N–H and O–H groups in total. The number of hydrogen-bond donors (Lipinski definition) is 0. The van der Waals surface area contributed by atoms with Crippen molar-refractivity contribution in [1.29, 1.82) is 10.5 Å². The van der Waals surface area contributed by atoms with Crippen molar-refractivity contribution in [3.05, 3.63) is 93.6 Å². The van der Waals surface area contributed by atoms with Crippen LogP contribution in [0, 0.1) is 58.4 Å². The Balaban J connectivity index is -0.000000107. The van der Waals surface area contributed by atoms with E-state index in [-0.39, 0.29) is 31.9 Å². The van der Waals surface area contributed by atoms with Crippen molar-refractivity contribution in [2.75, 3.05) is 0 Å². The van der Waals surface area contributed by atoms with Gasteiger partial charge in [0.2, 0.25) is 17.8 Å². The predicted octanol–water partition coefficient (Wildman–Crippen LogP) is 5.98. The van der Waals surface area contributed by atoms with Crippen molar-refractivity contribution in [1.82, 2.24) is 15.0 Å². The zero-order valence-electron chi connectivity index (χ0n) is 17.2. The molecule has 0 aliphatic heterocycles. The van der Waals surface area contributed by atoms with Crippen molar-refractivity contribution < 1.29 is 34.6 Å². The Labute approximate surface area is 203 Å². The molecule has 3 rings (SSSR count). The Morgan fingerprint density at radius 2 is 1.47 bits per heavy atom. The van der Waals surface area contributed by atoms with E-state index in [0.717, 1.165) is 3.57 Å². The van der Waals surface area contributed by atoms with E-state index in [1.54, 1.807) is 25.1 Å². The minimum atomic E-state index is -0.570. The van der Waals surface area contributed by atoms with Gasteiger partial charge in [0.25, 0.3) is 0 Å². The normalized spacial score (nSPS) is 8.23. The van der Waals surface area contributed by atoms with Gasteiger partial charge in [0.05, 0.1) is 11.6 Å². The maximum Gasteiger partial charge on any atom is 1.00 e. The van der Waals surface area contributed by atoms with E-state index in [1.807, 2.05) is 6.07 Å². The minimum absolute atomic E-state index is 0. The summed E-state index contributed by atoms with van der Waals surface area (Å²) in [6.07, 6.45) is 4.15. The molecular weight excluding hydrogens is 558 g/mol. The first-order chi connectivity index (χ1) is 14.4. The van der Waals surface area contributed by atoms with Gasteiger partial charge in [0.15, 0.2) is 0 Å². The van der Waals surface area contributed by atoms with Crippen LogP contribution in [0.1, 0.15) is 28.5 Å². The van der Waals surface area contributed by atoms with E-state index >= 15 is 0 Å². The topological polar surface area (TPSA) is 86.2 Å². The molecule has 3 aromatic heterocycles. The SMILES string of the molecule is C.Cc1c(C#N)ccnc1F.Cc1c(I)ccnc1F.Fc1ccccn1.[2HH].[2H][2H].[C-]#N.[Cu+]. The Morgan fingerprint density at radius 3 is 1.80 bits per heavy atom. The van der Waals surface area contributed by atoms with Crippen molar-refractivity contribution in [2.45, 2.75) is 21.3 Å². The van der Waals surface area contributed by atoms with Gasteiger partial charge in [-0.3, -0.25) is 0 Å². The van der Waals surface area contributed by atoms with E-state index in [4.69, 9.17) is 20.1 Å². The number of aromatic nitrogens is 3. The Hall–Kier alpha value is -2.53. The third kappa shape index (κ3) is 12.1. The summed E-state index contributed by atoms with van der Waals surface area (Å²) < 4.78 is 47.7. The molecule has 0 fully saturated rings. The molecule has 10 heteroatoms. The third-order valence-corrected chi connectivity index (χ3v) is 4.14. The van der Waals surface area contributed by atoms with E-state index < -0.39 is 11.9 Å². The van der Waals surface area contributed by atoms with Gasteiger partial charge < -0.3 is 11.8 Å². The molecule has 0 aromatic carbocycles. The van der Waals surface area contributed by atoms with Gasteiger partial charge in [0, 0.05) is 37.7 Å². The number of hydrogen-bond acceptors (Lipinski definition) is 5. The fraction of sp³-hybridized carbons (Fsp3) is 0.150. The van der Waals surface area contributed by atoms with Crippen LogP contribution < -0.4 is 0 Å². The van der Waals surface area contributed by atoms with E-state index in [0.29, 0.717) is 16.7 Å². The van der Waals surface area contributed by atoms with Crippen LogP contribution in [0.4, 0.5) is 13.2 Å². The maximum absolute atomic E-state index is 12.5. The summed E-state index contributed by atoms with van der Waals surface area (Å²) >= 11 is 2.07. The molecule has 0 saturated heterocycles. The first-order valence-electron chi connectivity index (χ1n) is 8.43. The fourth-order valence-electron chi connectivity index (χ4n) is 1.46. The van der Waals surface area contributed by atoms with Crippen LogP contribution in [-0.4, -0.2) is 15.0 Å². The van der Waals surface area contributed by atoms with Crippen molar-refractivity contribution in [3.63, 3.8) is 0 Å². The standard InChI is InChI=1S/C7H5FN2.C6H5FIN.C5H4FN.CN.CH4.Cu.2H2/c1-5-6(4-9)2-3-10-7(5)8;1-4-5(8)2-3-9-6(4)7;6-5-3-1-2-4-7-5;1-2;;;;/h2-3H,1H3;2-3H,1H3;1-4H;;1H4;;2*1H/q;;;-1;;+1;;/i;;;;;;1+1D;1+1. The monoisotopic (exact) mass is 582 g/mol. The largest absolute Gasteiger partial charge is 1.00 e. The van der Waals surface area contributed by atoms with Gasteiger partial charge in [-0.1, -0.05) is 13.5 Å². The molecule has 166 valence electrons. The summed E-state index contributed by atoms with van der Waals surface area (Å²) in [6.45, 7) is 7.99. The predicted molar refractivity (Wildman–Crippen MR) is 115 cm³/mol. The number of halogens is 4. The molecule has 0 bridgehead atoms. The molecule has 3 aromatic rings. The molecule has 0 spiro atoms. The fourth-order valence-corrected chi connectivity index (χ4v) is 1.85. The minimum Gasteiger partial charge on any atom is -0.512 e. The van der Waals surface area contributed by atoms with Crippen LogP contribution >= 0.6 is 22.6 Å². The van der Waals surface area contributed by atoms with E-state index in [9.17, 15) is 13.2 Å². The second kappa shape index (κ2) is 18.5. The van der Waals surface area contributed by atoms with Gasteiger partial charge in [-0.25, -0.2) is 15.0 Å². The molecular formula is C20H22CuF3IN5. The average molecular weight is 583 g/mol. The van der Waals surface area contributed by atoms with Gasteiger partial charge in [0.1, 0.15) is 0 Å². The van der Waals surface area contributed by atoms with Crippen molar-refractivity contribution in [3.8, 4) is 6.07 Å². The van der Waals surface area contributed by atoms with E-state index in [2.05, 4.69) is 37.5 Å². The number of nitriles is 1. The van der Waals surface area contributed by atoms with Gasteiger partial charge >= 0.3 is 17.1 Å². The Kier molecular flexibility index (Phi) is 18.3. The second-order valence-corrected chi connectivity index (χ2v) is 5.91. The number of pyridine rings is 3. The zero-order valence-corrected chi connectivity index (χ0v) is 18.3. The first kappa shape index (κ1) is 29.7. The van der Waals surface area contributed by atoms with Crippen LogP contribution in [0.25, 0.3) is 0 Å². The first-order valence-corrected chi connectivity index (χ1v) is 8.51. The molecule has 0 atom stereocenters. The number of nitrogens with zero attached hydrogens (tertiary/aromatic N) is 5. The number of rotatable bonds is 0. The van der Waals surface area contributed by atoms with Crippen LogP contribution in [0.2, 0.25) is 0 Å². The molecule has 0 aliphatic rings. The van der Waals surface area contributed by atoms with Gasteiger partial charge in [-0.05, 0) is 60.7 Å². The van der Waals surface area contributed by atoms with Crippen LogP contribution in [0.3, 0.4) is 0 Å². The molecule has 0 amide bonds. The van der Waals surface area contributed by atoms with Gasteiger partial charge in [-0.2, -0.15) is 18.4 Å². The Morgan fingerprint density at radius 1 is 0.933 bits per heavy atom. The summed E-state index contributed by atoms with van der Waals surface area (Å²) in [6, 6.07) is 9.69. The molecule has 0 aliphatic carbocycles. The molecule has 0 radical (unpaired) electrons. The molecule has 3 heterocycles. The molecule has 0 unspecified atom stereocenters. The smallest absolute Gasteiger partial charge is 0.512 e. The summed E-state index contributed by atoms with van der Waals surface area (Å²) in [5, 5.41) is 14.6. The van der Waals surface area contributed by atoms with Crippen LogP contribution in [-0.2, 0) is 17.1 Å². The van der Waals surface area contributed by atoms with Crippen molar-refractivity contribution >= 4 is 22.6 Å². The Bertz CT molecular complexity index is 929. The summed E-state index contributed by atoms with van der Waals surface area (Å²) in [5.41, 5.74) is 1.27. The summed E-state index contributed by atoms with van der Waals surface area (Å²) in [7, 11) is 0. The summed E-state index contributed by atoms with van der Waals surface area (Å²) in [5.74, 6) is -1.37. The maximum atomic E-state index is 12.5. The average Bonchev–Trinajstić information content (AvgIpc) is 2.78. The van der Waals surface area contributed by atoms with Crippen LogP contribution in [0.15, 0.2) is 48.9 Å². The quantitative estimate of drug-likeness (QED) is 0.141. The van der Waals surface area contributed by atoms with E-state index in [1.165, 1.54) is 37.6 Å². The third-order valence-electron chi connectivity index (χ3n) is 2.97. The summed E-state index contributed by atoms with van der Waals surface area (Å²) in [4.78, 5) is 10.2. The molecule has 0 saturated carbocycles. The van der Waals surface area contributed by atoms with Gasteiger partial charge in [-0.15, -0.1) is 0 Å². The molecule has 5 nitrogen and oxygen atoms in total. The zero-order chi connectivity index (χ0) is 23.5. The second-order valence-electron chi connectivity index (χ2n) is 4.75. The van der Waals surface area contributed by atoms with Crippen LogP contribution in [0.5, 0.6) is 0 Å². The van der Waals surface area contributed by atoms with Crippen molar-refractivity contribution in [2.24, 2.45) is 0 Å². The molecule has 30 heavy (non-hydrogen) atoms.